The number of fused-ring (bicyclic) bond motifs is 1. The molecule has 3 N–H and O–H groups in total. The third kappa shape index (κ3) is 2.21. The van der Waals surface area contributed by atoms with Crippen molar-refractivity contribution < 1.29 is 5.11 Å². The highest BCUT2D eigenvalue weighted by atomic mass is 35.5. The Kier molecular flexibility index (Phi) is 4.35. The number of nitrogens with two attached hydrogens (primary N) is 1. The number of halogens is 1. The molecule has 3 nitrogen and oxygen atoms in total. The van der Waals surface area contributed by atoms with Gasteiger partial charge in [-0.2, -0.15) is 0 Å². The van der Waals surface area contributed by atoms with Crippen LogP contribution in [0.25, 0.3) is 10.9 Å². The first-order chi connectivity index (χ1) is 7.24. The van der Waals surface area contributed by atoms with Crippen LogP contribution >= 0.6 is 12.4 Å². The number of aliphatic hydroxyl groups is 1. The number of nitrogens with zero attached hydrogens (tertiary/aromatic N) is 1. The summed E-state index contributed by atoms with van der Waals surface area (Å²) in [6, 6.07) is 10.2. The molecule has 0 aliphatic heterocycles. The predicted molar refractivity (Wildman–Crippen MR) is 68.8 cm³/mol. The first-order valence-electron chi connectivity index (χ1n) is 5.15. The van der Waals surface area contributed by atoms with Crippen LogP contribution in [0.5, 0.6) is 0 Å². The Morgan fingerprint density at radius 3 is 2.69 bits per heavy atom. The second kappa shape index (κ2) is 5.34. The third-order valence-corrected chi connectivity index (χ3v) is 2.81. The molecular formula is C12H17ClN2O. The van der Waals surface area contributed by atoms with Gasteiger partial charge in [0.2, 0.25) is 0 Å². The number of aryl methyl sites for hydroxylation is 1. The molecule has 1 heterocycles. The minimum absolute atomic E-state index is 0. The Morgan fingerprint density at radius 2 is 2.06 bits per heavy atom. The van der Waals surface area contributed by atoms with Crippen LogP contribution < -0.4 is 5.73 Å². The van der Waals surface area contributed by atoms with Gasteiger partial charge in [-0.25, -0.2) is 0 Å². The van der Waals surface area contributed by atoms with E-state index in [1.54, 1.807) is 0 Å². The lowest BCUT2D eigenvalue weighted by molar-refractivity contribution is 0.275. The fourth-order valence-corrected chi connectivity index (χ4v) is 1.95. The molecule has 88 valence electrons. The van der Waals surface area contributed by atoms with Crippen molar-refractivity contribution in [3.8, 4) is 0 Å². The van der Waals surface area contributed by atoms with Gasteiger partial charge in [-0.15, -0.1) is 12.4 Å². The number of rotatable bonds is 3. The van der Waals surface area contributed by atoms with Crippen LogP contribution in [-0.4, -0.2) is 16.3 Å². The Morgan fingerprint density at radius 1 is 1.38 bits per heavy atom. The van der Waals surface area contributed by atoms with E-state index in [9.17, 15) is 0 Å². The Balaban J connectivity index is 0.00000128. The molecule has 1 unspecified atom stereocenters. The van der Waals surface area contributed by atoms with E-state index in [1.165, 1.54) is 10.9 Å². The average Bonchev–Trinajstić information content (AvgIpc) is 2.57. The van der Waals surface area contributed by atoms with Gasteiger partial charge >= 0.3 is 0 Å². The number of hydrogen-bond donors (Lipinski definition) is 2. The largest absolute Gasteiger partial charge is 0.396 e. The van der Waals surface area contributed by atoms with Gasteiger partial charge in [0.1, 0.15) is 0 Å². The van der Waals surface area contributed by atoms with Gasteiger partial charge in [0.15, 0.2) is 0 Å². The zero-order valence-corrected chi connectivity index (χ0v) is 10.1. The van der Waals surface area contributed by atoms with E-state index in [4.69, 9.17) is 10.8 Å². The monoisotopic (exact) mass is 240 g/mol. The van der Waals surface area contributed by atoms with Gasteiger partial charge in [0.05, 0.1) is 0 Å². The molecule has 2 rings (SSSR count). The molecule has 0 aliphatic carbocycles. The predicted octanol–water partition coefficient (Wildman–Crippen LogP) is 1.98. The van der Waals surface area contributed by atoms with E-state index in [1.807, 2.05) is 19.2 Å². The minimum atomic E-state index is -0.0904. The Hall–Kier alpha value is -1.03. The fraction of sp³-hybridized carbons (Fsp3) is 0.333. The maximum Gasteiger partial charge on any atom is 0.0480 e. The smallest absolute Gasteiger partial charge is 0.0480 e. The van der Waals surface area contributed by atoms with Gasteiger partial charge in [0.25, 0.3) is 0 Å². The molecule has 2 aromatic rings. The first kappa shape index (κ1) is 13.0. The number of benzene rings is 1. The molecule has 0 saturated heterocycles. The summed E-state index contributed by atoms with van der Waals surface area (Å²) in [6.45, 7) is 0.128. The van der Waals surface area contributed by atoms with Gasteiger partial charge in [0, 0.05) is 30.9 Å². The normalized spacial score (nSPS) is 12.4. The zero-order chi connectivity index (χ0) is 10.8. The summed E-state index contributed by atoms with van der Waals surface area (Å²) >= 11 is 0. The van der Waals surface area contributed by atoms with Crippen molar-refractivity contribution >= 4 is 23.3 Å². The molecular weight excluding hydrogens is 224 g/mol. The van der Waals surface area contributed by atoms with E-state index in [0.717, 1.165) is 5.69 Å². The zero-order valence-electron chi connectivity index (χ0n) is 9.26. The summed E-state index contributed by atoms with van der Waals surface area (Å²) in [6.07, 6.45) is 0.601. The molecule has 16 heavy (non-hydrogen) atoms. The molecule has 1 aromatic heterocycles. The van der Waals surface area contributed by atoms with Crippen molar-refractivity contribution in [1.29, 1.82) is 0 Å². The maximum atomic E-state index is 8.87. The summed E-state index contributed by atoms with van der Waals surface area (Å²) in [5.41, 5.74) is 8.25. The lowest BCUT2D eigenvalue weighted by atomic mass is 10.1. The first-order valence-corrected chi connectivity index (χ1v) is 5.15. The molecule has 0 bridgehead atoms. The van der Waals surface area contributed by atoms with Gasteiger partial charge in [-0.1, -0.05) is 18.2 Å². The van der Waals surface area contributed by atoms with E-state index >= 15 is 0 Å². The topological polar surface area (TPSA) is 51.2 Å². The van der Waals surface area contributed by atoms with Gasteiger partial charge in [-0.3, -0.25) is 0 Å². The summed E-state index contributed by atoms with van der Waals surface area (Å²) in [7, 11) is 2.01. The van der Waals surface area contributed by atoms with Crippen molar-refractivity contribution in [2.24, 2.45) is 12.8 Å². The summed E-state index contributed by atoms with van der Waals surface area (Å²) < 4.78 is 2.09. The number of aromatic nitrogens is 1. The van der Waals surface area contributed by atoms with Crippen LogP contribution in [0.3, 0.4) is 0 Å². The van der Waals surface area contributed by atoms with E-state index < -0.39 is 0 Å². The second-order valence-electron chi connectivity index (χ2n) is 3.81. The third-order valence-electron chi connectivity index (χ3n) is 2.81. The standard InChI is InChI=1S/C12H16N2O.ClH/c1-14-11-5-3-2-4-9(11)8-12(14)10(13)6-7-15;/h2-5,8,10,15H,6-7,13H2,1H3;1H. The highest BCUT2D eigenvalue weighted by Crippen LogP contribution is 2.23. The average molecular weight is 241 g/mol. The van der Waals surface area contributed by atoms with Crippen molar-refractivity contribution in [3.05, 3.63) is 36.0 Å². The van der Waals surface area contributed by atoms with Crippen molar-refractivity contribution in [3.63, 3.8) is 0 Å². The van der Waals surface area contributed by atoms with Crippen molar-refractivity contribution in [2.45, 2.75) is 12.5 Å². The molecule has 0 aliphatic rings. The van der Waals surface area contributed by atoms with Crippen LogP contribution in [0.4, 0.5) is 0 Å². The lowest BCUT2D eigenvalue weighted by Crippen LogP contribution is -2.15. The van der Waals surface area contributed by atoms with E-state index in [0.29, 0.717) is 6.42 Å². The van der Waals surface area contributed by atoms with Crippen LogP contribution in [0.15, 0.2) is 30.3 Å². The van der Waals surface area contributed by atoms with E-state index in [2.05, 4.69) is 22.8 Å². The quantitative estimate of drug-likeness (QED) is 0.862. The SMILES string of the molecule is Cl.Cn1c(C(N)CCO)cc2ccccc21. The molecule has 1 atom stereocenters. The molecule has 1 aromatic carbocycles. The summed E-state index contributed by atoms with van der Waals surface area (Å²) in [5.74, 6) is 0. The van der Waals surface area contributed by atoms with Gasteiger partial charge in [-0.05, 0) is 23.9 Å². The molecule has 0 amide bonds. The molecule has 4 heteroatoms. The van der Waals surface area contributed by atoms with Crippen LogP contribution in [-0.2, 0) is 7.05 Å². The molecule has 0 fully saturated rings. The van der Waals surface area contributed by atoms with E-state index in [-0.39, 0.29) is 25.1 Å². The number of aliphatic hydroxyl groups excluding tert-OH is 1. The molecule has 0 saturated carbocycles. The molecule has 0 spiro atoms. The summed E-state index contributed by atoms with van der Waals surface area (Å²) in [4.78, 5) is 0. The molecule has 0 radical (unpaired) electrons. The van der Waals surface area contributed by atoms with Crippen LogP contribution in [0.1, 0.15) is 18.2 Å². The minimum Gasteiger partial charge on any atom is -0.396 e. The van der Waals surface area contributed by atoms with Crippen LogP contribution in [0.2, 0.25) is 0 Å². The number of para-hydroxylation sites is 1. The highest BCUT2D eigenvalue weighted by Gasteiger charge is 2.11. The van der Waals surface area contributed by atoms with Gasteiger partial charge < -0.3 is 15.4 Å². The lowest BCUT2D eigenvalue weighted by Gasteiger charge is -2.11. The maximum absolute atomic E-state index is 8.87. The fourth-order valence-electron chi connectivity index (χ4n) is 1.95. The summed E-state index contributed by atoms with van der Waals surface area (Å²) in [5, 5.41) is 10.1. The number of hydrogen-bond acceptors (Lipinski definition) is 2. The van der Waals surface area contributed by atoms with Crippen molar-refractivity contribution in [2.75, 3.05) is 6.61 Å². The highest BCUT2D eigenvalue weighted by molar-refractivity contribution is 5.85. The van der Waals surface area contributed by atoms with Crippen molar-refractivity contribution in [1.82, 2.24) is 4.57 Å². The Labute approximate surface area is 101 Å². The van der Waals surface area contributed by atoms with Crippen LogP contribution in [0, 0.1) is 0 Å². The Bertz CT molecular complexity index is 467. The second-order valence-corrected chi connectivity index (χ2v) is 3.81.